The van der Waals surface area contributed by atoms with Crippen molar-refractivity contribution >= 4 is 26.8 Å². The van der Waals surface area contributed by atoms with Crippen LogP contribution < -0.4 is 4.72 Å². The highest BCUT2D eigenvalue weighted by atomic mass is 32.2. The van der Waals surface area contributed by atoms with Gasteiger partial charge < -0.3 is 4.90 Å². The maximum atomic E-state index is 13.2. The fraction of sp³-hybridized carbons (Fsp3) is 0.474. The molecule has 0 unspecified atom stereocenters. The molecule has 2 aromatic rings. The Balaban J connectivity index is 1.89. The molecule has 0 radical (unpaired) electrons. The van der Waals surface area contributed by atoms with Crippen LogP contribution in [0.4, 0.5) is 0 Å². The van der Waals surface area contributed by atoms with Crippen LogP contribution >= 0.6 is 0 Å². The summed E-state index contributed by atoms with van der Waals surface area (Å²) in [6.45, 7) is 4.76. The molecule has 1 aliphatic heterocycles. The average Bonchev–Trinajstić information content (AvgIpc) is 2.58. The first kappa shape index (κ1) is 18.8. The van der Waals surface area contributed by atoms with Crippen molar-refractivity contribution in [2.75, 3.05) is 19.3 Å². The summed E-state index contributed by atoms with van der Waals surface area (Å²) in [5.74, 6) is -0.0718. The molecule has 0 saturated carbocycles. The number of pyridine rings is 1. The quantitative estimate of drug-likeness (QED) is 0.890. The van der Waals surface area contributed by atoms with Gasteiger partial charge in [0, 0.05) is 24.5 Å². The first-order valence-corrected chi connectivity index (χ1v) is 10.8. The van der Waals surface area contributed by atoms with Crippen molar-refractivity contribution in [3.8, 4) is 0 Å². The molecular weight excluding hydrogens is 350 g/mol. The number of benzene rings is 1. The molecule has 0 spiro atoms. The van der Waals surface area contributed by atoms with Crippen molar-refractivity contribution in [3.63, 3.8) is 0 Å². The highest BCUT2D eigenvalue weighted by Crippen LogP contribution is 2.23. The molecule has 0 aliphatic carbocycles. The lowest BCUT2D eigenvalue weighted by Crippen LogP contribution is -2.49. The Kier molecular flexibility index (Phi) is 5.29. The number of hydrogen-bond donors (Lipinski definition) is 1. The largest absolute Gasteiger partial charge is 0.334 e. The molecule has 6 nitrogen and oxygen atoms in total. The zero-order valence-corrected chi connectivity index (χ0v) is 16.3. The molecule has 0 bridgehead atoms. The Hall–Kier alpha value is -1.99. The summed E-state index contributed by atoms with van der Waals surface area (Å²) in [5.41, 5.74) is 3.31. The number of nitrogens with one attached hydrogen (secondary N) is 1. The third-order valence-electron chi connectivity index (χ3n) is 4.86. The van der Waals surface area contributed by atoms with Crippen LogP contribution in [0.2, 0.25) is 0 Å². The van der Waals surface area contributed by atoms with Crippen molar-refractivity contribution in [1.82, 2.24) is 14.6 Å². The summed E-state index contributed by atoms with van der Waals surface area (Å²) >= 11 is 0. The monoisotopic (exact) mass is 375 g/mol. The summed E-state index contributed by atoms with van der Waals surface area (Å²) in [7, 11) is -3.28. The number of carbonyl (C=O) groups is 1. The number of fused-ring (bicyclic) bond motifs is 1. The first-order chi connectivity index (χ1) is 12.2. The topological polar surface area (TPSA) is 79.4 Å². The number of hydrogen-bond acceptors (Lipinski definition) is 4. The lowest BCUT2D eigenvalue weighted by atomic mass is 10.00. The Morgan fingerprint density at radius 2 is 2.04 bits per heavy atom. The molecule has 140 valence electrons. The lowest BCUT2D eigenvalue weighted by Gasteiger charge is -2.36. The van der Waals surface area contributed by atoms with Crippen LogP contribution in [0.5, 0.6) is 0 Å². The van der Waals surface area contributed by atoms with Gasteiger partial charge in [-0.15, -0.1) is 0 Å². The number of aromatic nitrogens is 1. The van der Waals surface area contributed by atoms with Gasteiger partial charge in [0.2, 0.25) is 10.0 Å². The fourth-order valence-electron chi connectivity index (χ4n) is 3.47. The van der Waals surface area contributed by atoms with E-state index in [9.17, 15) is 13.2 Å². The van der Waals surface area contributed by atoms with E-state index in [-0.39, 0.29) is 18.5 Å². The molecule has 26 heavy (non-hydrogen) atoms. The van der Waals surface area contributed by atoms with Crippen molar-refractivity contribution < 1.29 is 13.2 Å². The summed E-state index contributed by atoms with van der Waals surface area (Å²) in [4.78, 5) is 19.6. The van der Waals surface area contributed by atoms with Gasteiger partial charge in [-0.05, 0) is 50.8 Å². The van der Waals surface area contributed by atoms with E-state index in [2.05, 4.69) is 9.71 Å². The molecule has 1 N–H and O–H groups in total. The van der Waals surface area contributed by atoms with Gasteiger partial charge >= 0.3 is 0 Å². The van der Waals surface area contributed by atoms with Crippen LogP contribution in [0.25, 0.3) is 10.9 Å². The zero-order valence-electron chi connectivity index (χ0n) is 15.4. The van der Waals surface area contributed by atoms with Gasteiger partial charge in [0.15, 0.2) is 0 Å². The Labute approximate surface area is 154 Å². The minimum absolute atomic E-state index is 0.0718. The van der Waals surface area contributed by atoms with Crippen LogP contribution in [-0.2, 0) is 10.0 Å². The van der Waals surface area contributed by atoms with E-state index in [1.165, 1.54) is 0 Å². The molecule has 1 aliphatic rings. The predicted molar refractivity (Wildman–Crippen MR) is 103 cm³/mol. The molecule has 3 rings (SSSR count). The lowest BCUT2D eigenvalue weighted by molar-refractivity contribution is 0.0617. The number of nitrogens with zero attached hydrogens (tertiary/aromatic N) is 2. The number of aryl methyl sites for hydroxylation is 2. The maximum Gasteiger partial charge on any atom is 0.256 e. The minimum Gasteiger partial charge on any atom is -0.334 e. The summed E-state index contributed by atoms with van der Waals surface area (Å²) < 4.78 is 25.4. The number of amides is 1. The number of sulfonamides is 1. The second-order valence-corrected chi connectivity index (χ2v) is 8.92. The predicted octanol–water partition coefficient (Wildman–Crippen LogP) is 2.40. The first-order valence-electron chi connectivity index (χ1n) is 8.88. The van der Waals surface area contributed by atoms with Crippen LogP contribution in [0.3, 0.4) is 0 Å². The van der Waals surface area contributed by atoms with Gasteiger partial charge in [0.25, 0.3) is 5.91 Å². The summed E-state index contributed by atoms with van der Waals surface area (Å²) in [6.07, 6.45) is 3.86. The molecule has 1 atom stereocenters. The average molecular weight is 375 g/mol. The van der Waals surface area contributed by atoms with Crippen LogP contribution in [0, 0.1) is 13.8 Å². The Morgan fingerprint density at radius 1 is 1.27 bits per heavy atom. The molecule has 1 fully saturated rings. The van der Waals surface area contributed by atoms with Crippen LogP contribution in [-0.4, -0.2) is 49.6 Å². The Bertz CT molecular complexity index is 940. The van der Waals surface area contributed by atoms with E-state index in [0.29, 0.717) is 17.8 Å². The number of likely N-dealkylation sites (tertiary alicyclic amines) is 1. The zero-order chi connectivity index (χ0) is 18.9. The number of rotatable bonds is 4. The number of carbonyl (C=O) groups excluding carboxylic acids is 1. The van der Waals surface area contributed by atoms with Crippen LogP contribution in [0.15, 0.2) is 24.3 Å². The molecule has 1 aromatic heterocycles. The van der Waals surface area contributed by atoms with Crippen LogP contribution in [0.1, 0.15) is 40.9 Å². The van der Waals surface area contributed by atoms with Gasteiger partial charge in [0.05, 0.1) is 23.0 Å². The van der Waals surface area contributed by atoms with E-state index in [1.54, 1.807) is 4.90 Å². The van der Waals surface area contributed by atoms with E-state index in [1.807, 2.05) is 38.1 Å². The van der Waals surface area contributed by atoms with Crippen molar-refractivity contribution in [3.05, 3.63) is 41.1 Å². The third-order valence-corrected chi connectivity index (χ3v) is 5.55. The molecule has 1 saturated heterocycles. The number of piperidine rings is 1. The van der Waals surface area contributed by atoms with E-state index >= 15 is 0 Å². The molecular formula is C19H25N3O3S. The van der Waals surface area contributed by atoms with Gasteiger partial charge in [-0.25, -0.2) is 13.1 Å². The van der Waals surface area contributed by atoms with E-state index in [4.69, 9.17) is 0 Å². The molecule has 2 heterocycles. The highest BCUT2D eigenvalue weighted by Gasteiger charge is 2.29. The summed E-state index contributed by atoms with van der Waals surface area (Å²) in [5, 5.41) is 0.937. The second-order valence-electron chi connectivity index (χ2n) is 7.09. The highest BCUT2D eigenvalue weighted by molar-refractivity contribution is 7.88. The maximum absolute atomic E-state index is 13.2. The van der Waals surface area contributed by atoms with Crippen molar-refractivity contribution in [1.29, 1.82) is 0 Å². The van der Waals surface area contributed by atoms with Gasteiger partial charge in [-0.2, -0.15) is 0 Å². The second kappa shape index (κ2) is 7.32. The standard InChI is InChI=1S/C19H25N3O3S/c1-13-7-8-15-11-17(14(2)21-18(15)10-13)19(23)22-9-5-4-6-16(22)12-20-26(3,24)25/h7-8,10-11,16,20H,4-6,9,12H2,1-3H3/t16-/m0/s1. The van der Waals surface area contributed by atoms with Crippen molar-refractivity contribution in [2.24, 2.45) is 0 Å². The van der Waals surface area contributed by atoms with E-state index in [0.717, 1.165) is 42.0 Å². The SMILES string of the molecule is Cc1ccc2cc(C(=O)N3CCCC[C@H]3CNS(C)(=O)=O)c(C)nc2c1. The molecule has 1 amide bonds. The summed E-state index contributed by atoms with van der Waals surface area (Å²) in [6, 6.07) is 7.77. The van der Waals surface area contributed by atoms with Crippen molar-refractivity contribution in [2.45, 2.75) is 39.2 Å². The molecule has 7 heteroatoms. The minimum atomic E-state index is -3.28. The van der Waals surface area contributed by atoms with Gasteiger partial charge in [-0.1, -0.05) is 12.1 Å². The van der Waals surface area contributed by atoms with Gasteiger partial charge in [0.1, 0.15) is 0 Å². The smallest absolute Gasteiger partial charge is 0.256 e. The fourth-order valence-corrected chi connectivity index (χ4v) is 3.97. The molecule has 1 aromatic carbocycles. The van der Waals surface area contributed by atoms with E-state index < -0.39 is 10.0 Å². The van der Waals surface area contributed by atoms with Gasteiger partial charge in [-0.3, -0.25) is 9.78 Å². The third kappa shape index (κ3) is 4.22. The Morgan fingerprint density at radius 3 is 2.77 bits per heavy atom. The normalized spacial score (nSPS) is 18.3.